The normalized spacial score (nSPS) is 41.9. The number of hydrogen-bond donors (Lipinski definition) is 5. The van der Waals surface area contributed by atoms with Crippen molar-refractivity contribution in [3.8, 4) is 0 Å². The summed E-state index contributed by atoms with van der Waals surface area (Å²) in [6.07, 6.45) is -6.39. The summed E-state index contributed by atoms with van der Waals surface area (Å²) in [5.41, 5.74) is 12.4. The number of rotatable bonds is 3. The molecule has 7 rings (SSSR count). The average molecular weight is 692 g/mol. The highest BCUT2D eigenvalue weighted by Gasteiger charge is 2.56. The topological polar surface area (TPSA) is 287 Å². The van der Waals surface area contributed by atoms with Crippen LogP contribution in [-0.2, 0) is 46.2 Å². The number of hydrogen-bond acceptors (Lipinski definition) is 19. The molecule has 244 valence electrons. The Kier molecular flexibility index (Phi) is 7.91. The maximum atomic E-state index is 13.4. The van der Waals surface area contributed by atoms with Gasteiger partial charge in [0.15, 0.2) is 30.2 Å². The van der Waals surface area contributed by atoms with Gasteiger partial charge < -0.3 is 40.4 Å². The van der Waals surface area contributed by atoms with Crippen LogP contribution in [0.15, 0.2) is 16.3 Å². The molecule has 7 heterocycles. The number of nitrogens with one attached hydrogen (secondary N) is 1. The number of aromatic nitrogens is 3. The second-order valence-corrected chi connectivity index (χ2v) is 14.1. The first-order chi connectivity index (χ1) is 21.4. The van der Waals surface area contributed by atoms with Crippen LogP contribution in [0.2, 0.25) is 0 Å². The molecule has 0 aromatic carbocycles. The first-order valence-corrected chi connectivity index (χ1v) is 17.2. The first kappa shape index (κ1) is 30.9. The number of nitrogen functional groups attached to an aromatic ring is 1. The van der Waals surface area contributed by atoms with E-state index in [2.05, 4.69) is 29.6 Å². The second-order valence-electron chi connectivity index (χ2n) is 10.5. The van der Waals surface area contributed by atoms with Gasteiger partial charge in [-0.1, -0.05) is 0 Å². The maximum absolute atomic E-state index is 13.4. The third-order valence-electron chi connectivity index (χ3n) is 7.73. The lowest BCUT2D eigenvalue weighted by Gasteiger charge is -2.34. The van der Waals surface area contributed by atoms with Gasteiger partial charge in [-0.3, -0.25) is 33.2 Å². The molecule has 0 spiro atoms. The lowest BCUT2D eigenvalue weighted by atomic mass is 10.1. The van der Waals surface area contributed by atoms with Crippen molar-refractivity contribution in [2.45, 2.75) is 61.5 Å². The molecule has 0 saturated carbocycles. The van der Waals surface area contributed by atoms with Gasteiger partial charge in [-0.05, 0) is 11.5 Å². The predicted octanol–water partition coefficient (Wildman–Crippen LogP) is -1.26. The van der Waals surface area contributed by atoms with Gasteiger partial charge in [0, 0.05) is 13.5 Å². The Balaban J connectivity index is 1.16. The minimum Gasteiger partial charge on any atom is -0.382 e. The van der Waals surface area contributed by atoms with Crippen LogP contribution < -0.4 is 16.8 Å². The summed E-state index contributed by atoms with van der Waals surface area (Å²) in [6, 6.07) is -0.991. The van der Waals surface area contributed by atoms with Crippen LogP contribution in [-0.4, -0.2) is 117 Å². The molecule has 1 amide bonds. The summed E-state index contributed by atoms with van der Waals surface area (Å²) in [5.74, 6) is -0.525. The van der Waals surface area contributed by atoms with Crippen LogP contribution in [0, 0.1) is 0 Å². The summed E-state index contributed by atoms with van der Waals surface area (Å²) >= 11 is 1.05. The molecule has 4 unspecified atom stereocenters. The monoisotopic (exact) mass is 691 g/mol. The number of nitrogens with two attached hydrogens (primary N) is 2. The molecule has 11 atom stereocenters. The summed E-state index contributed by atoms with van der Waals surface area (Å²) in [7, 11) is -8.44. The minimum atomic E-state index is -4.92. The molecule has 45 heavy (non-hydrogen) atoms. The van der Waals surface area contributed by atoms with Crippen molar-refractivity contribution in [2.75, 3.05) is 26.1 Å². The van der Waals surface area contributed by atoms with E-state index in [-0.39, 0.29) is 18.2 Å². The molecule has 24 heteroatoms. The number of nitrogens with zero attached hydrogens (tertiary/aromatic N) is 6. The van der Waals surface area contributed by atoms with Crippen LogP contribution in [0.4, 0.5) is 5.82 Å². The predicted molar refractivity (Wildman–Crippen MR) is 150 cm³/mol. The lowest BCUT2D eigenvalue weighted by Crippen LogP contribution is -2.57. The molecule has 3 saturated heterocycles. The van der Waals surface area contributed by atoms with Crippen molar-refractivity contribution in [1.29, 1.82) is 0 Å². The van der Waals surface area contributed by atoms with Gasteiger partial charge in [0.25, 0.3) is 5.91 Å². The van der Waals surface area contributed by atoms with Crippen molar-refractivity contribution < 1.29 is 56.0 Å². The highest BCUT2D eigenvalue weighted by atomic mass is 32.1. The number of phosphoric ester groups is 2. The fourth-order valence-electron chi connectivity index (χ4n) is 5.74. The standard InChI is InChI=1S/C21H27N9O12P2S/c1-36-14-10-4-38-43(32,33)41-7-2-8(16-11-12(29-45-16)17(22)25-5-24-11)39-9(7)3-37-44(34,35)42-15(14)20(40-10)30-6-26-13-18(30)27-21(23)28-19(13)31/h5-10,13-15,18,20H,2-4H2,1H3,(H,32,33)(H,34,35)(H2,22,24,25)(H3,23,27,28,31)/t7-,8+,9+,10+,13?,14+,15+,18?,20+/m0/s1. The van der Waals surface area contributed by atoms with Crippen molar-refractivity contribution in [1.82, 2.24) is 24.6 Å². The Morgan fingerprint density at radius 2 is 1.82 bits per heavy atom. The number of carbonyl (C=O) groups excluding carboxylic acids is 1. The zero-order valence-corrected chi connectivity index (χ0v) is 25.7. The molecular weight excluding hydrogens is 664 g/mol. The molecule has 7 N–H and O–H groups in total. The first-order valence-electron chi connectivity index (χ1n) is 13.4. The molecule has 2 aromatic heterocycles. The lowest BCUT2D eigenvalue weighted by molar-refractivity contribution is -0.124. The van der Waals surface area contributed by atoms with E-state index in [0.717, 1.165) is 11.5 Å². The summed E-state index contributed by atoms with van der Waals surface area (Å²) < 4.78 is 70.2. The molecule has 5 aliphatic heterocycles. The molecule has 5 aliphatic rings. The van der Waals surface area contributed by atoms with Gasteiger partial charge in [-0.2, -0.15) is 4.37 Å². The van der Waals surface area contributed by atoms with E-state index in [4.69, 9.17) is 43.8 Å². The Morgan fingerprint density at radius 1 is 1.07 bits per heavy atom. The molecule has 0 aliphatic carbocycles. The van der Waals surface area contributed by atoms with Gasteiger partial charge in [-0.25, -0.2) is 24.1 Å². The van der Waals surface area contributed by atoms with Crippen LogP contribution in [0.3, 0.4) is 0 Å². The number of phosphoric acid groups is 2. The van der Waals surface area contributed by atoms with Gasteiger partial charge in [0.05, 0.1) is 30.5 Å². The Bertz CT molecular complexity index is 1660. The second kappa shape index (κ2) is 11.5. The van der Waals surface area contributed by atoms with Crippen molar-refractivity contribution >= 4 is 62.2 Å². The Hall–Kier alpha value is -2.72. The van der Waals surface area contributed by atoms with Crippen molar-refractivity contribution in [2.24, 2.45) is 15.7 Å². The van der Waals surface area contributed by atoms with Crippen LogP contribution in [0.25, 0.3) is 11.0 Å². The Labute approximate surface area is 257 Å². The molecule has 0 radical (unpaired) electrons. The third-order valence-corrected chi connectivity index (χ3v) is 10.7. The third kappa shape index (κ3) is 5.75. The molecule has 21 nitrogen and oxygen atoms in total. The number of ether oxygens (including phenoxy) is 3. The van der Waals surface area contributed by atoms with Crippen LogP contribution in [0.5, 0.6) is 0 Å². The number of aliphatic imine (C=N–C) groups is 2. The number of carbonyl (C=O) groups is 1. The maximum Gasteiger partial charge on any atom is 0.472 e. The summed E-state index contributed by atoms with van der Waals surface area (Å²) in [6.45, 7) is -1.17. The quantitative estimate of drug-likeness (QED) is 0.235. The van der Waals surface area contributed by atoms with E-state index in [1.807, 2.05) is 0 Å². The fourth-order valence-corrected chi connectivity index (χ4v) is 8.51. The number of methoxy groups -OCH3 is 1. The van der Waals surface area contributed by atoms with E-state index >= 15 is 0 Å². The molecule has 2 bridgehead atoms. The minimum absolute atomic E-state index is 0.0130. The number of fused-ring (bicyclic) bond motifs is 5. The van der Waals surface area contributed by atoms with E-state index in [1.165, 1.54) is 24.7 Å². The average Bonchev–Trinajstić information content (AvgIpc) is 3.74. The van der Waals surface area contributed by atoms with Crippen LogP contribution in [0.1, 0.15) is 17.4 Å². The zero-order chi connectivity index (χ0) is 31.7. The number of guanidine groups is 1. The van der Waals surface area contributed by atoms with Gasteiger partial charge >= 0.3 is 15.6 Å². The van der Waals surface area contributed by atoms with E-state index in [9.17, 15) is 23.7 Å². The molecular formula is C21H27N9O12P2S. The van der Waals surface area contributed by atoms with E-state index in [1.54, 1.807) is 0 Å². The molecule has 2 aromatic rings. The summed E-state index contributed by atoms with van der Waals surface area (Å²) in [4.78, 5) is 52.4. The van der Waals surface area contributed by atoms with Gasteiger partial charge in [0.1, 0.15) is 47.9 Å². The smallest absolute Gasteiger partial charge is 0.382 e. The van der Waals surface area contributed by atoms with Gasteiger partial charge in [-0.15, -0.1) is 0 Å². The highest BCUT2D eigenvalue weighted by Crippen LogP contribution is 2.54. The SMILES string of the molecule is CO[C@H]1[C@H]2OP(=O)(O)OC[C@H]3O[C@@H](c4snc5c(N)ncnc45)C[C@@H]3OP(=O)(O)OC[C@H]1O[C@H]2N1C=NC2C(=O)NC(N)=NC21. The summed E-state index contributed by atoms with van der Waals surface area (Å²) in [5, 5.41) is 2.38. The Morgan fingerprint density at radius 3 is 2.60 bits per heavy atom. The zero-order valence-electron chi connectivity index (χ0n) is 23.1. The van der Waals surface area contributed by atoms with Gasteiger partial charge in [0.2, 0.25) is 0 Å². The van der Waals surface area contributed by atoms with Crippen molar-refractivity contribution in [3.63, 3.8) is 0 Å². The number of anilines is 1. The van der Waals surface area contributed by atoms with Crippen LogP contribution >= 0.6 is 27.2 Å². The largest absolute Gasteiger partial charge is 0.472 e. The van der Waals surface area contributed by atoms with Crippen molar-refractivity contribution in [3.05, 3.63) is 11.2 Å². The molecule has 3 fully saturated rings. The van der Waals surface area contributed by atoms with E-state index in [0.29, 0.717) is 15.9 Å². The number of amides is 1. The fraction of sp³-hybridized carbons (Fsp3) is 0.619. The van der Waals surface area contributed by atoms with E-state index < -0.39 is 89.8 Å². The highest BCUT2D eigenvalue weighted by molar-refractivity contribution is 7.47.